The molecule has 1 amide bonds. The Bertz CT molecular complexity index is 360. The summed E-state index contributed by atoms with van der Waals surface area (Å²) in [4.78, 5) is 26.7. The average molecular weight is 284 g/mol. The van der Waals surface area contributed by atoms with Gasteiger partial charge in [0.05, 0.1) is 13.2 Å². The van der Waals surface area contributed by atoms with Crippen LogP contribution in [0.4, 0.5) is 0 Å². The van der Waals surface area contributed by atoms with E-state index in [2.05, 4.69) is 4.90 Å². The zero-order valence-electron chi connectivity index (χ0n) is 12.1. The highest BCUT2D eigenvalue weighted by Gasteiger charge is 2.42. The Morgan fingerprint density at radius 3 is 2.40 bits per heavy atom. The molecule has 0 spiro atoms. The fraction of sp³-hybridized carbons (Fsp3) is 0.857. The summed E-state index contributed by atoms with van der Waals surface area (Å²) < 4.78 is 5.39. The minimum absolute atomic E-state index is 0.0687. The third-order valence-electron chi connectivity index (χ3n) is 4.49. The van der Waals surface area contributed by atoms with E-state index in [1.165, 1.54) is 4.90 Å². The van der Waals surface area contributed by atoms with Crippen LogP contribution in [0.2, 0.25) is 0 Å². The molecule has 0 aromatic carbocycles. The van der Waals surface area contributed by atoms with Crippen molar-refractivity contribution in [1.82, 2.24) is 9.80 Å². The van der Waals surface area contributed by atoms with Crippen LogP contribution in [0.5, 0.6) is 0 Å². The maximum Gasteiger partial charge on any atom is 0.323 e. The second kappa shape index (κ2) is 6.54. The van der Waals surface area contributed by atoms with Crippen LogP contribution in [-0.4, -0.2) is 72.2 Å². The van der Waals surface area contributed by atoms with Crippen molar-refractivity contribution in [3.05, 3.63) is 0 Å². The Morgan fingerprint density at radius 1 is 1.25 bits per heavy atom. The van der Waals surface area contributed by atoms with Gasteiger partial charge in [0.25, 0.3) is 0 Å². The third kappa shape index (κ3) is 3.49. The SMILES string of the molecule is CN(CC(=O)O)C(=O)CC1(N2CCOCC2)CCCC1. The van der Waals surface area contributed by atoms with E-state index in [-0.39, 0.29) is 18.0 Å². The van der Waals surface area contributed by atoms with E-state index in [0.717, 1.165) is 52.0 Å². The number of carbonyl (C=O) groups is 2. The van der Waals surface area contributed by atoms with Gasteiger partial charge in [-0.3, -0.25) is 14.5 Å². The highest BCUT2D eigenvalue weighted by atomic mass is 16.5. The Labute approximate surface area is 119 Å². The molecule has 1 saturated heterocycles. The van der Waals surface area contributed by atoms with E-state index >= 15 is 0 Å². The molecule has 1 aliphatic carbocycles. The number of nitrogens with zero attached hydrogens (tertiary/aromatic N) is 2. The molecule has 1 N–H and O–H groups in total. The maximum absolute atomic E-state index is 12.3. The van der Waals surface area contributed by atoms with Crippen molar-refractivity contribution in [3.8, 4) is 0 Å². The molecular formula is C14H24N2O4. The summed E-state index contributed by atoms with van der Waals surface area (Å²) in [6.07, 6.45) is 4.77. The zero-order valence-corrected chi connectivity index (χ0v) is 12.1. The topological polar surface area (TPSA) is 70.1 Å². The maximum atomic E-state index is 12.3. The van der Waals surface area contributed by atoms with Crippen LogP contribution in [0.25, 0.3) is 0 Å². The minimum atomic E-state index is -0.965. The minimum Gasteiger partial charge on any atom is -0.480 e. The number of ether oxygens (including phenoxy) is 1. The number of morpholine rings is 1. The van der Waals surface area contributed by atoms with E-state index < -0.39 is 5.97 Å². The normalized spacial score (nSPS) is 22.6. The Morgan fingerprint density at radius 2 is 1.85 bits per heavy atom. The van der Waals surface area contributed by atoms with Crippen LogP contribution in [0, 0.1) is 0 Å². The van der Waals surface area contributed by atoms with Crippen molar-refractivity contribution in [2.24, 2.45) is 0 Å². The molecular weight excluding hydrogens is 260 g/mol. The van der Waals surface area contributed by atoms with Gasteiger partial charge in [0.2, 0.25) is 5.91 Å². The first-order valence-electron chi connectivity index (χ1n) is 7.32. The van der Waals surface area contributed by atoms with E-state index in [9.17, 15) is 9.59 Å². The second-order valence-corrected chi connectivity index (χ2v) is 5.85. The number of hydrogen-bond acceptors (Lipinski definition) is 4. The highest BCUT2D eigenvalue weighted by molar-refractivity contribution is 5.81. The second-order valence-electron chi connectivity index (χ2n) is 5.85. The molecule has 6 heteroatoms. The van der Waals surface area contributed by atoms with Gasteiger partial charge in [0, 0.05) is 32.1 Å². The van der Waals surface area contributed by atoms with Crippen LogP contribution < -0.4 is 0 Å². The number of aliphatic carboxylic acids is 1. The summed E-state index contributed by atoms with van der Waals surface area (Å²) in [6, 6.07) is 0. The molecule has 2 aliphatic rings. The summed E-state index contributed by atoms with van der Waals surface area (Å²) in [5.74, 6) is -1.03. The fourth-order valence-corrected chi connectivity index (χ4v) is 3.38. The van der Waals surface area contributed by atoms with Crippen molar-refractivity contribution < 1.29 is 19.4 Å². The largest absolute Gasteiger partial charge is 0.480 e. The lowest BCUT2D eigenvalue weighted by Gasteiger charge is -2.43. The van der Waals surface area contributed by atoms with Crippen LogP contribution >= 0.6 is 0 Å². The first-order chi connectivity index (χ1) is 9.53. The number of rotatable bonds is 5. The van der Waals surface area contributed by atoms with Crippen molar-refractivity contribution in [2.75, 3.05) is 39.9 Å². The van der Waals surface area contributed by atoms with E-state index in [4.69, 9.17) is 9.84 Å². The van der Waals surface area contributed by atoms with Gasteiger partial charge in [0.15, 0.2) is 0 Å². The van der Waals surface area contributed by atoms with Crippen LogP contribution in [-0.2, 0) is 14.3 Å². The lowest BCUT2D eigenvalue weighted by Crippen LogP contribution is -2.54. The smallest absolute Gasteiger partial charge is 0.323 e. The lowest BCUT2D eigenvalue weighted by molar-refractivity contribution is -0.145. The number of amides is 1. The van der Waals surface area contributed by atoms with Gasteiger partial charge in [-0.15, -0.1) is 0 Å². The van der Waals surface area contributed by atoms with Gasteiger partial charge < -0.3 is 14.7 Å². The monoisotopic (exact) mass is 284 g/mol. The summed E-state index contributed by atoms with van der Waals surface area (Å²) in [5.41, 5.74) is -0.0758. The first-order valence-corrected chi connectivity index (χ1v) is 7.32. The quantitative estimate of drug-likeness (QED) is 0.799. The molecule has 2 fully saturated rings. The molecule has 0 atom stereocenters. The van der Waals surface area contributed by atoms with Gasteiger partial charge in [-0.25, -0.2) is 0 Å². The van der Waals surface area contributed by atoms with Gasteiger partial charge >= 0.3 is 5.97 Å². The molecule has 0 aromatic heterocycles. The van der Waals surface area contributed by atoms with Crippen LogP contribution in [0.15, 0.2) is 0 Å². The number of hydrogen-bond donors (Lipinski definition) is 1. The van der Waals surface area contributed by atoms with Crippen molar-refractivity contribution in [3.63, 3.8) is 0 Å². The predicted octanol–water partition coefficient (Wildman–Crippen LogP) is 0.565. The number of likely N-dealkylation sites (N-methyl/N-ethyl adjacent to an activating group) is 1. The number of carbonyl (C=O) groups excluding carboxylic acids is 1. The van der Waals surface area contributed by atoms with E-state index in [1.54, 1.807) is 7.05 Å². The summed E-state index contributed by atoms with van der Waals surface area (Å²) in [6.45, 7) is 2.96. The Balaban J connectivity index is 2.01. The summed E-state index contributed by atoms with van der Waals surface area (Å²) in [5, 5.41) is 8.79. The van der Waals surface area contributed by atoms with Crippen LogP contribution in [0.3, 0.4) is 0 Å². The predicted molar refractivity (Wildman–Crippen MR) is 73.5 cm³/mol. The molecule has 6 nitrogen and oxygen atoms in total. The zero-order chi connectivity index (χ0) is 14.6. The van der Waals surface area contributed by atoms with Gasteiger partial charge in [-0.05, 0) is 12.8 Å². The number of carboxylic acid groups (broad SMARTS) is 1. The van der Waals surface area contributed by atoms with Crippen molar-refractivity contribution in [2.45, 2.75) is 37.6 Å². The van der Waals surface area contributed by atoms with Gasteiger partial charge in [-0.1, -0.05) is 12.8 Å². The molecule has 1 aliphatic heterocycles. The molecule has 0 bridgehead atoms. The fourth-order valence-electron chi connectivity index (χ4n) is 3.38. The third-order valence-corrected chi connectivity index (χ3v) is 4.49. The van der Waals surface area contributed by atoms with Crippen molar-refractivity contribution >= 4 is 11.9 Å². The summed E-state index contributed by atoms with van der Waals surface area (Å²) >= 11 is 0. The molecule has 0 unspecified atom stereocenters. The van der Waals surface area contributed by atoms with E-state index in [0.29, 0.717) is 6.42 Å². The molecule has 1 saturated carbocycles. The number of carboxylic acids is 1. The first kappa shape index (κ1) is 15.3. The van der Waals surface area contributed by atoms with Gasteiger partial charge in [0.1, 0.15) is 6.54 Å². The molecule has 1 heterocycles. The van der Waals surface area contributed by atoms with E-state index in [1.807, 2.05) is 0 Å². The molecule has 114 valence electrons. The molecule has 0 aromatic rings. The van der Waals surface area contributed by atoms with Crippen molar-refractivity contribution in [1.29, 1.82) is 0 Å². The van der Waals surface area contributed by atoms with Crippen LogP contribution in [0.1, 0.15) is 32.1 Å². The standard InChI is InChI=1S/C14H24N2O4/c1-15(11-13(18)19)12(17)10-14(4-2-3-5-14)16-6-8-20-9-7-16/h2-11H2,1H3,(H,18,19). The molecule has 20 heavy (non-hydrogen) atoms. The average Bonchev–Trinajstić information content (AvgIpc) is 2.88. The Hall–Kier alpha value is -1.14. The Kier molecular flexibility index (Phi) is 4.99. The lowest BCUT2D eigenvalue weighted by atomic mass is 9.89. The molecule has 0 radical (unpaired) electrons. The van der Waals surface area contributed by atoms with Gasteiger partial charge in [-0.2, -0.15) is 0 Å². The molecule has 2 rings (SSSR count). The summed E-state index contributed by atoms with van der Waals surface area (Å²) in [7, 11) is 1.57. The highest BCUT2D eigenvalue weighted by Crippen LogP contribution is 2.38.